The van der Waals surface area contributed by atoms with Crippen LogP contribution in [0.3, 0.4) is 0 Å². The van der Waals surface area contributed by atoms with Crippen LogP contribution in [0.25, 0.3) is 0 Å². The Morgan fingerprint density at radius 3 is 2.25 bits per heavy atom. The molecule has 24 heavy (non-hydrogen) atoms. The monoisotopic (exact) mass is 363 g/mol. The average Bonchev–Trinajstić information content (AvgIpc) is 2.60. The zero-order chi connectivity index (χ0) is 17.5. The van der Waals surface area contributed by atoms with Gasteiger partial charge in [-0.1, -0.05) is 35.9 Å². The van der Waals surface area contributed by atoms with Crippen LogP contribution in [-0.2, 0) is 0 Å². The van der Waals surface area contributed by atoms with Crippen molar-refractivity contribution in [3.05, 3.63) is 64.7 Å². The highest BCUT2D eigenvalue weighted by molar-refractivity contribution is 7.80. The number of carbonyl (C=O) groups excluding carboxylic acids is 2. The summed E-state index contributed by atoms with van der Waals surface area (Å²) in [6, 6.07) is 13.3. The van der Waals surface area contributed by atoms with Crippen molar-refractivity contribution in [2.24, 2.45) is 0 Å². The van der Waals surface area contributed by atoms with Crippen LogP contribution in [-0.4, -0.2) is 24.0 Å². The number of ether oxygens (including phenoxy) is 1. The number of hydrogen-bond acceptors (Lipinski definition) is 4. The van der Waals surface area contributed by atoms with Gasteiger partial charge >= 0.3 is 0 Å². The van der Waals surface area contributed by atoms with E-state index in [2.05, 4.69) is 16.2 Å². The number of amides is 2. The number of methoxy groups -OCH3 is 1. The highest BCUT2D eigenvalue weighted by atomic mass is 35.5. The molecule has 0 aliphatic heterocycles. The Hall–Kier alpha value is -2.64. The van der Waals surface area contributed by atoms with Crippen LogP contribution < -0.4 is 20.9 Å². The molecule has 2 rings (SSSR count). The molecule has 0 bridgehead atoms. The molecule has 0 aliphatic carbocycles. The van der Waals surface area contributed by atoms with Crippen molar-refractivity contribution in [3.8, 4) is 5.75 Å². The summed E-state index contributed by atoms with van der Waals surface area (Å²) >= 11 is 10.9. The van der Waals surface area contributed by atoms with E-state index in [1.165, 1.54) is 7.11 Å². The molecule has 3 N–H and O–H groups in total. The molecule has 6 nitrogen and oxygen atoms in total. The third-order valence-corrected chi connectivity index (χ3v) is 3.52. The smallest absolute Gasteiger partial charge is 0.271 e. The second-order valence-corrected chi connectivity index (χ2v) is 5.36. The first-order chi connectivity index (χ1) is 11.5. The van der Waals surface area contributed by atoms with Crippen LogP contribution in [0.5, 0.6) is 5.75 Å². The molecule has 0 saturated carbocycles. The fourth-order valence-electron chi connectivity index (χ4n) is 1.86. The van der Waals surface area contributed by atoms with E-state index < -0.39 is 11.8 Å². The van der Waals surface area contributed by atoms with Crippen LogP contribution in [0.2, 0.25) is 5.02 Å². The van der Waals surface area contributed by atoms with Crippen LogP contribution in [0, 0.1) is 0 Å². The van der Waals surface area contributed by atoms with E-state index in [9.17, 15) is 9.59 Å². The van der Waals surface area contributed by atoms with Crippen molar-refractivity contribution in [3.63, 3.8) is 0 Å². The molecule has 0 unspecified atom stereocenters. The molecule has 0 saturated heterocycles. The van der Waals surface area contributed by atoms with Gasteiger partial charge in [0, 0.05) is 0 Å². The molecule has 0 heterocycles. The summed E-state index contributed by atoms with van der Waals surface area (Å²) in [6.07, 6.45) is 0. The number of rotatable bonds is 3. The second-order valence-electron chi connectivity index (χ2n) is 4.54. The Bertz CT molecular complexity index is 783. The molecule has 8 heteroatoms. The summed E-state index contributed by atoms with van der Waals surface area (Å²) in [4.78, 5) is 24.1. The Balaban J connectivity index is 1.93. The van der Waals surface area contributed by atoms with Gasteiger partial charge in [0.15, 0.2) is 5.11 Å². The van der Waals surface area contributed by atoms with Gasteiger partial charge in [0.25, 0.3) is 11.8 Å². The molecule has 2 aromatic rings. The van der Waals surface area contributed by atoms with E-state index in [0.29, 0.717) is 16.3 Å². The van der Waals surface area contributed by atoms with Gasteiger partial charge in [-0.05, 0) is 36.5 Å². The fraction of sp³-hybridized carbons (Fsp3) is 0.0625. The van der Waals surface area contributed by atoms with Gasteiger partial charge in [-0.2, -0.15) is 0 Å². The Morgan fingerprint density at radius 2 is 1.58 bits per heavy atom. The average molecular weight is 364 g/mol. The zero-order valence-corrected chi connectivity index (χ0v) is 14.2. The van der Waals surface area contributed by atoms with E-state index in [-0.39, 0.29) is 10.7 Å². The van der Waals surface area contributed by atoms with Crippen molar-refractivity contribution in [2.45, 2.75) is 0 Å². The first-order valence-corrected chi connectivity index (χ1v) is 7.60. The Morgan fingerprint density at radius 1 is 0.958 bits per heavy atom. The van der Waals surface area contributed by atoms with Crippen LogP contribution in [0.1, 0.15) is 20.7 Å². The topological polar surface area (TPSA) is 79.5 Å². The van der Waals surface area contributed by atoms with E-state index >= 15 is 0 Å². The predicted molar refractivity (Wildman–Crippen MR) is 95.1 cm³/mol. The van der Waals surface area contributed by atoms with E-state index in [4.69, 9.17) is 28.6 Å². The lowest BCUT2D eigenvalue weighted by atomic mass is 10.2. The lowest BCUT2D eigenvalue weighted by Gasteiger charge is -2.12. The largest absolute Gasteiger partial charge is 0.496 e. The molecule has 0 spiro atoms. The highest BCUT2D eigenvalue weighted by Crippen LogP contribution is 2.16. The summed E-state index contributed by atoms with van der Waals surface area (Å²) in [5.41, 5.74) is 5.41. The van der Waals surface area contributed by atoms with E-state index in [0.717, 1.165) is 0 Å². The molecule has 0 fully saturated rings. The van der Waals surface area contributed by atoms with Crippen LogP contribution in [0.15, 0.2) is 48.5 Å². The second kappa shape index (κ2) is 8.28. The van der Waals surface area contributed by atoms with Gasteiger partial charge in [-0.25, -0.2) is 0 Å². The zero-order valence-electron chi connectivity index (χ0n) is 12.6. The Labute approximate surface area is 149 Å². The highest BCUT2D eigenvalue weighted by Gasteiger charge is 2.14. The van der Waals surface area contributed by atoms with Gasteiger partial charge in [0.05, 0.1) is 23.3 Å². The number of hydrogen-bond donors (Lipinski definition) is 3. The minimum absolute atomic E-state index is 0.0636. The SMILES string of the molecule is COc1ccccc1C(=O)NC(=S)NNC(=O)c1ccccc1Cl. The molecule has 0 atom stereocenters. The lowest BCUT2D eigenvalue weighted by molar-refractivity contribution is 0.0934. The fourth-order valence-corrected chi connectivity index (χ4v) is 2.23. The molecule has 0 radical (unpaired) electrons. The minimum atomic E-state index is -0.477. The number of nitrogens with one attached hydrogen (secondary N) is 3. The third kappa shape index (κ3) is 4.43. The first kappa shape index (κ1) is 17.7. The van der Waals surface area contributed by atoms with Crippen molar-refractivity contribution in [1.82, 2.24) is 16.2 Å². The minimum Gasteiger partial charge on any atom is -0.496 e. The first-order valence-electron chi connectivity index (χ1n) is 6.82. The third-order valence-electron chi connectivity index (χ3n) is 2.99. The number of thiocarbonyl (C=S) groups is 1. The number of carbonyl (C=O) groups is 2. The molecule has 2 aromatic carbocycles. The maximum absolute atomic E-state index is 12.2. The summed E-state index contributed by atoms with van der Waals surface area (Å²) in [5.74, 6) is -0.524. The van der Waals surface area contributed by atoms with Crippen LogP contribution >= 0.6 is 23.8 Å². The Kier molecular flexibility index (Phi) is 6.11. The maximum Gasteiger partial charge on any atom is 0.271 e. The summed E-state index contributed by atoms with van der Waals surface area (Å²) < 4.78 is 5.11. The quantitative estimate of drug-likeness (QED) is 0.576. The van der Waals surface area contributed by atoms with Crippen molar-refractivity contribution < 1.29 is 14.3 Å². The summed E-state index contributed by atoms with van der Waals surface area (Å²) in [7, 11) is 1.46. The molecule has 124 valence electrons. The lowest BCUT2D eigenvalue weighted by Crippen LogP contribution is -2.48. The van der Waals surface area contributed by atoms with E-state index in [1.807, 2.05) is 0 Å². The number of halogens is 1. The summed E-state index contributed by atoms with van der Waals surface area (Å²) in [5, 5.41) is 2.69. The van der Waals surface area contributed by atoms with E-state index in [1.54, 1.807) is 48.5 Å². The molecule has 0 aliphatic rings. The summed E-state index contributed by atoms with van der Waals surface area (Å²) in [6.45, 7) is 0. The predicted octanol–water partition coefficient (Wildman–Crippen LogP) is 2.30. The number of para-hydroxylation sites is 1. The molecular formula is C16H14ClN3O3S. The normalized spacial score (nSPS) is 9.75. The van der Waals surface area contributed by atoms with Crippen molar-refractivity contribution in [2.75, 3.05) is 7.11 Å². The van der Waals surface area contributed by atoms with Crippen LogP contribution in [0.4, 0.5) is 0 Å². The van der Waals surface area contributed by atoms with Crippen molar-refractivity contribution in [1.29, 1.82) is 0 Å². The molecule has 2 amide bonds. The number of hydrazine groups is 1. The van der Waals surface area contributed by atoms with Gasteiger partial charge in [-0.15, -0.1) is 0 Å². The standard InChI is InChI=1S/C16H14ClN3O3S/c1-23-13-9-5-3-7-11(13)14(21)18-16(24)20-19-15(22)10-6-2-4-8-12(10)17/h2-9H,1H3,(H,19,22)(H2,18,20,21,24). The van der Waals surface area contributed by atoms with Gasteiger partial charge in [0.1, 0.15) is 5.75 Å². The van der Waals surface area contributed by atoms with Crippen molar-refractivity contribution >= 4 is 40.7 Å². The molecular weight excluding hydrogens is 350 g/mol. The van der Waals surface area contributed by atoms with Gasteiger partial charge in [-0.3, -0.25) is 25.8 Å². The van der Waals surface area contributed by atoms with Gasteiger partial charge in [0.2, 0.25) is 0 Å². The van der Waals surface area contributed by atoms with Gasteiger partial charge < -0.3 is 4.74 Å². The molecule has 0 aromatic heterocycles. The number of benzene rings is 2. The maximum atomic E-state index is 12.2.